The first-order chi connectivity index (χ1) is 30.0. The van der Waals surface area contributed by atoms with Crippen LogP contribution in [0.2, 0.25) is 0 Å². The third kappa shape index (κ3) is 48.3. The molecule has 0 aromatic heterocycles. The van der Waals surface area contributed by atoms with Crippen molar-refractivity contribution in [1.82, 2.24) is 0 Å². The van der Waals surface area contributed by atoms with Gasteiger partial charge in [-0.1, -0.05) is 198 Å². The number of carbonyl (C=O) groups excluding carboxylic acids is 3. The highest BCUT2D eigenvalue weighted by Gasteiger charge is 2.19. The number of esters is 3. The van der Waals surface area contributed by atoms with E-state index in [0.717, 1.165) is 89.9 Å². The summed E-state index contributed by atoms with van der Waals surface area (Å²) < 4.78 is 16.8. The van der Waals surface area contributed by atoms with E-state index in [4.69, 9.17) is 14.2 Å². The first-order valence-electron chi connectivity index (χ1n) is 26.1. The number of hydrogen-bond donors (Lipinski definition) is 0. The number of carbonyl (C=O) groups is 3. The molecule has 0 fully saturated rings. The standard InChI is InChI=1S/C55H98O6/c1-4-7-10-13-16-19-22-24-26-27-29-31-34-36-39-42-45-48-54(57)60-51-52(61-55(58)49-46-43-40-37-32-21-18-15-12-9-6-3)50-59-53(56)47-44-41-38-35-33-30-28-25-23-20-17-14-11-8-5-2/h15,17-18,20,24-26,28,52H,4-14,16,19,21-23,27,29-51H2,1-3H3/b18-15-,20-17-,26-24-,28-25-/t52-/m1/s1. The molecule has 0 spiro atoms. The zero-order chi connectivity index (χ0) is 44.4. The maximum atomic E-state index is 12.8. The Labute approximate surface area is 378 Å². The van der Waals surface area contributed by atoms with Crippen LogP contribution in [0.1, 0.15) is 265 Å². The van der Waals surface area contributed by atoms with Crippen LogP contribution in [-0.2, 0) is 28.6 Å². The van der Waals surface area contributed by atoms with Gasteiger partial charge >= 0.3 is 17.9 Å². The molecule has 0 bridgehead atoms. The molecule has 0 radical (unpaired) electrons. The summed E-state index contributed by atoms with van der Waals surface area (Å²) in [5.41, 5.74) is 0. The molecule has 6 heteroatoms. The molecule has 0 aliphatic heterocycles. The van der Waals surface area contributed by atoms with Crippen molar-refractivity contribution in [3.05, 3.63) is 48.6 Å². The van der Waals surface area contributed by atoms with Crippen LogP contribution in [0, 0.1) is 0 Å². The molecule has 0 aromatic rings. The van der Waals surface area contributed by atoms with Crippen LogP contribution in [-0.4, -0.2) is 37.2 Å². The van der Waals surface area contributed by atoms with Gasteiger partial charge in [0, 0.05) is 19.3 Å². The van der Waals surface area contributed by atoms with E-state index in [1.807, 2.05) is 0 Å². The number of allylic oxidation sites excluding steroid dienone is 8. The third-order valence-electron chi connectivity index (χ3n) is 11.3. The molecule has 0 unspecified atom stereocenters. The van der Waals surface area contributed by atoms with Gasteiger partial charge < -0.3 is 14.2 Å². The van der Waals surface area contributed by atoms with E-state index in [0.29, 0.717) is 19.3 Å². The molecule has 0 saturated carbocycles. The van der Waals surface area contributed by atoms with Crippen LogP contribution in [0.25, 0.3) is 0 Å². The van der Waals surface area contributed by atoms with Crippen LogP contribution in [0.3, 0.4) is 0 Å². The van der Waals surface area contributed by atoms with Crippen molar-refractivity contribution in [2.45, 2.75) is 271 Å². The van der Waals surface area contributed by atoms with E-state index in [2.05, 4.69) is 69.4 Å². The van der Waals surface area contributed by atoms with Crippen LogP contribution in [0.15, 0.2) is 48.6 Å². The summed E-state index contributed by atoms with van der Waals surface area (Å²) in [7, 11) is 0. The highest BCUT2D eigenvalue weighted by atomic mass is 16.6. The minimum absolute atomic E-state index is 0.0826. The van der Waals surface area contributed by atoms with Gasteiger partial charge in [-0.15, -0.1) is 0 Å². The molecule has 0 N–H and O–H groups in total. The molecule has 0 aliphatic carbocycles. The lowest BCUT2D eigenvalue weighted by Gasteiger charge is -2.18. The molecule has 0 amide bonds. The van der Waals surface area contributed by atoms with Crippen molar-refractivity contribution in [3.63, 3.8) is 0 Å². The summed E-state index contributed by atoms with van der Waals surface area (Å²) in [5.74, 6) is -0.905. The van der Waals surface area contributed by atoms with Crippen LogP contribution in [0.5, 0.6) is 0 Å². The van der Waals surface area contributed by atoms with E-state index < -0.39 is 6.10 Å². The minimum Gasteiger partial charge on any atom is -0.462 e. The van der Waals surface area contributed by atoms with Crippen molar-refractivity contribution in [2.75, 3.05) is 13.2 Å². The Hall–Kier alpha value is -2.63. The predicted molar refractivity (Wildman–Crippen MR) is 261 cm³/mol. The van der Waals surface area contributed by atoms with Gasteiger partial charge in [-0.25, -0.2) is 0 Å². The van der Waals surface area contributed by atoms with Gasteiger partial charge in [0.15, 0.2) is 6.10 Å². The Balaban J connectivity index is 4.36. The highest BCUT2D eigenvalue weighted by molar-refractivity contribution is 5.71. The first-order valence-corrected chi connectivity index (χ1v) is 26.1. The molecule has 0 heterocycles. The monoisotopic (exact) mass is 855 g/mol. The largest absolute Gasteiger partial charge is 0.462 e. The lowest BCUT2D eigenvalue weighted by atomic mass is 10.1. The molecular weight excluding hydrogens is 757 g/mol. The smallest absolute Gasteiger partial charge is 0.306 e. The van der Waals surface area contributed by atoms with Crippen molar-refractivity contribution >= 4 is 17.9 Å². The molecule has 6 nitrogen and oxygen atoms in total. The fraction of sp³-hybridized carbons (Fsp3) is 0.800. The molecule has 61 heavy (non-hydrogen) atoms. The highest BCUT2D eigenvalue weighted by Crippen LogP contribution is 2.14. The fourth-order valence-corrected chi connectivity index (χ4v) is 7.27. The average molecular weight is 855 g/mol. The van der Waals surface area contributed by atoms with Gasteiger partial charge in [-0.3, -0.25) is 14.4 Å². The van der Waals surface area contributed by atoms with Gasteiger partial charge in [-0.2, -0.15) is 0 Å². The van der Waals surface area contributed by atoms with Crippen LogP contribution < -0.4 is 0 Å². The Bertz CT molecular complexity index is 1070. The normalized spacial score (nSPS) is 12.4. The summed E-state index contributed by atoms with van der Waals surface area (Å²) >= 11 is 0. The van der Waals surface area contributed by atoms with Crippen molar-refractivity contribution < 1.29 is 28.6 Å². The number of unbranched alkanes of at least 4 members (excludes halogenated alkanes) is 28. The molecule has 354 valence electrons. The zero-order valence-electron chi connectivity index (χ0n) is 40.4. The summed E-state index contributed by atoms with van der Waals surface area (Å²) in [5, 5.41) is 0. The summed E-state index contributed by atoms with van der Waals surface area (Å²) in [4.78, 5) is 37.9. The Morgan fingerprint density at radius 3 is 1.00 bits per heavy atom. The molecular formula is C55H98O6. The Morgan fingerprint density at radius 2 is 0.607 bits per heavy atom. The minimum atomic E-state index is -0.783. The molecule has 0 rings (SSSR count). The first kappa shape index (κ1) is 58.4. The van der Waals surface area contributed by atoms with E-state index >= 15 is 0 Å². The average Bonchev–Trinajstić information content (AvgIpc) is 3.26. The molecule has 0 aliphatic rings. The number of rotatable bonds is 47. The van der Waals surface area contributed by atoms with Crippen molar-refractivity contribution in [2.24, 2.45) is 0 Å². The van der Waals surface area contributed by atoms with E-state index in [-0.39, 0.29) is 31.1 Å². The SMILES string of the molecule is CCCC/C=C\CCCCCCCC(=O)O[C@H](COC(=O)CCCCCCC/C=C\C/C=C\CCCCC)COC(=O)CCCCCCCCC/C=C\CCCCCCCC. The summed E-state index contributed by atoms with van der Waals surface area (Å²) in [6.45, 7) is 6.56. The van der Waals surface area contributed by atoms with E-state index in [9.17, 15) is 14.4 Å². The predicted octanol–water partition coefficient (Wildman–Crippen LogP) is 17.1. The Morgan fingerprint density at radius 1 is 0.328 bits per heavy atom. The second kappa shape index (κ2) is 50.0. The second-order valence-electron chi connectivity index (χ2n) is 17.4. The lowest BCUT2D eigenvalue weighted by molar-refractivity contribution is -0.167. The maximum Gasteiger partial charge on any atom is 0.306 e. The van der Waals surface area contributed by atoms with Crippen LogP contribution in [0.4, 0.5) is 0 Å². The quantitative estimate of drug-likeness (QED) is 0.0263. The van der Waals surface area contributed by atoms with E-state index in [1.54, 1.807) is 0 Å². The van der Waals surface area contributed by atoms with Gasteiger partial charge in [0.2, 0.25) is 0 Å². The van der Waals surface area contributed by atoms with Crippen molar-refractivity contribution in [1.29, 1.82) is 0 Å². The topological polar surface area (TPSA) is 78.9 Å². The van der Waals surface area contributed by atoms with E-state index in [1.165, 1.54) is 135 Å². The Kier molecular flexibility index (Phi) is 47.9. The van der Waals surface area contributed by atoms with Crippen molar-refractivity contribution in [3.8, 4) is 0 Å². The molecule has 0 aromatic carbocycles. The molecule has 1 atom stereocenters. The number of hydrogen-bond acceptors (Lipinski definition) is 6. The second-order valence-corrected chi connectivity index (χ2v) is 17.4. The fourth-order valence-electron chi connectivity index (χ4n) is 7.27. The van der Waals surface area contributed by atoms with Gasteiger partial charge in [0.25, 0.3) is 0 Å². The number of ether oxygens (including phenoxy) is 3. The lowest BCUT2D eigenvalue weighted by Crippen LogP contribution is -2.30. The van der Waals surface area contributed by atoms with Gasteiger partial charge in [0.1, 0.15) is 13.2 Å². The molecule has 0 saturated heterocycles. The summed E-state index contributed by atoms with van der Waals surface area (Å²) in [6.07, 6.45) is 59.5. The van der Waals surface area contributed by atoms with Gasteiger partial charge in [-0.05, 0) is 96.3 Å². The summed E-state index contributed by atoms with van der Waals surface area (Å²) in [6, 6.07) is 0. The zero-order valence-corrected chi connectivity index (χ0v) is 40.4. The maximum absolute atomic E-state index is 12.8. The third-order valence-corrected chi connectivity index (χ3v) is 11.3. The van der Waals surface area contributed by atoms with Crippen LogP contribution >= 0.6 is 0 Å². The van der Waals surface area contributed by atoms with Gasteiger partial charge in [0.05, 0.1) is 0 Å².